The number of halogens is 3. The van der Waals surface area contributed by atoms with Crippen molar-refractivity contribution >= 4 is 40.7 Å². The van der Waals surface area contributed by atoms with Crippen molar-refractivity contribution in [3.63, 3.8) is 0 Å². The summed E-state index contributed by atoms with van der Waals surface area (Å²) >= 11 is 18.5. The van der Waals surface area contributed by atoms with Crippen molar-refractivity contribution in [2.45, 2.75) is 67.7 Å². The largest absolute Gasteiger partial charge is 0.504 e. The molecular formula is C29H31Cl3N2O5. The molecule has 2 bridgehead atoms. The number of aliphatic hydroxyl groups is 1. The molecule has 39 heavy (non-hydrogen) atoms. The summed E-state index contributed by atoms with van der Waals surface area (Å²) in [7, 11) is 1.75. The van der Waals surface area contributed by atoms with Crippen molar-refractivity contribution < 1.29 is 24.5 Å². The Balaban J connectivity index is 1.20. The molecule has 3 fully saturated rings. The van der Waals surface area contributed by atoms with Crippen LogP contribution in [0.25, 0.3) is 0 Å². The predicted molar refractivity (Wildman–Crippen MR) is 148 cm³/mol. The topological polar surface area (TPSA) is 82.5 Å². The molecule has 0 radical (unpaired) electrons. The van der Waals surface area contributed by atoms with Gasteiger partial charge in [0.05, 0.1) is 27.1 Å². The average Bonchev–Trinajstić information content (AvgIpc) is 3.63. The smallest absolute Gasteiger partial charge is 0.260 e. The van der Waals surface area contributed by atoms with Crippen molar-refractivity contribution in [3.05, 3.63) is 50.5 Å². The normalized spacial score (nSPS) is 32.4. The van der Waals surface area contributed by atoms with E-state index in [1.807, 2.05) is 6.07 Å². The lowest BCUT2D eigenvalue weighted by Gasteiger charge is -2.64. The van der Waals surface area contributed by atoms with Gasteiger partial charge in [0.25, 0.3) is 5.91 Å². The lowest BCUT2D eigenvalue weighted by molar-refractivity contribution is -0.200. The third-order valence-corrected chi connectivity index (χ3v) is 10.7. The van der Waals surface area contributed by atoms with Crippen molar-refractivity contribution in [1.29, 1.82) is 0 Å². The maximum Gasteiger partial charge on any atom is 0.260 e. The minimum Gasteiger partial charge on any atom is -0.504 e. The van der Waals surface area contributed by atoms with Crippen molar-refractivity contribution in [1.82, 2.24) is 9.80 Å². The molecule has 1 saturated heterocycles. The van der Waals surface area contributed by atoms with E-state index in [-0.39, 0.29) is 46.1 Å². The maximum absolute atomic E-state index is 13.4. The average molecular weight is 594 g/mol. The zero-order valence-corrected chi connectivity index (χ0v) is 23.9. The van der Waals surface area contributed by atoms with E-state index in [1.54, 1.807) is 18.0 Å². The highest BCUT2D eigenvalue weighted by atomic mass is 35.5. The fourth-order valence-corrected chi connectivity index (χ4v) is 8.87. The van der Waals surface area contributed by atoms with Crippen LogP contribution in [0.3, 0.4) is 0 Å². The summed E-state index contributed by atoms with van der Waals surface area (Å²) in [5.41, 5.74) is 0.378. The number of aromatic hydroxyl groups is 1. The van der Waals surface area contributed by atoms with E-state index < -0.39 is 17.1 Å². The number of benzene rings is 2. The van der Waals surface area contributed by atoms with Gasteiger partial charge in [-0.3, -0.25) is 9.69 Å². The number of likely N-dealkylation sites (tertiary alicyclic amines) is 1. The molecule has 2 heterocycles. The van der Waals surface area contributed by atoms with Gasteiger partial charge in [-0.15, -0.1) is 0 Å². The third-order valence-electron chi connectivity index (χ3n) is 9.93. The van der Waals surface area contributed by atoms with Crippen LogP contribution in [0.2, 0.25) is 15.1 Å². The number of amides is 1. The molecule has 5 atom stereocenters. The SMILES string of the molecule is CN(C(=O)COc1c(Cl)cc(Cl)cc1Cl)[C@@H]1CC[C@@]2(O)[C@H]3Cc4ccc(O)c5c4[C@@]2(CCN3CC2CC2)[C@H]1O5. The first-order valence-corrected chi connectivity index (χ1v) is 14.8. The molecule has 7 nitrogen and oxygen atoms in total. The summed E-state index contributed by atoms with van der Waals surface area (Å²) in [6.07, 6.45) is 4.61. The molecule has 10 heteroatoms. The molecule has 2 N–H and O–H groups in total. The van der Waals surface area contributed by atoms with Crippen LogP contribution in [-0.2, 0) is 16.6 Å². The Hall–Kier alpha value is -1.90. The first kappa shape index (κ1) is 26.0. The van der Waals surface area contributed by atoms with Crippen LogP contribution in [0.5, 0.6) is 17.2 Å². The fraction of sp³-hybridized carbons (Fsp3) is 0.552. The number of rotatable bonds is 6. The highest BCUT2D eigenvalue weighted by Crippen LogP contribution is 2.66. The van der Waals surface area contributed by atoms with Gasteiger partial charge in [0.1, 0.15) is 6.10 Å². The second kappa shape index (κ2) is 9.05. The van der Waals surface area contributed by atoms with E-state index in [1.165, 1.54) is 25.0 Å². The van der Waals surface area contributed by atoms with Crippen LogP contribution in [0.1, 0.15) is 43.2 Å². The molecule has 0 aromatic heterocycles. The zero-order chi connectivity index (χ0) is 27.3. The highest BCUT2D eigenvalue weighted by molar-refractivity contribution is 6.40. The number of phenolic OH excluding ortho intramolecular Hbond substituents is 1. The Morgan fingerprint density at radius 2 is 1.92 bits per heavy atom. The highest BCUT2D eigenvalue weighted by Gasteiger charge is 2.73. The van der Waals surface area contributed by atoms with E-state index in [0.717, 1.165) is 36.6 Å². The molecule has 2 aromatic carbocycles. The summed E-state index contributed by atoms with van der Waals surface area (Å²) in [5.74, 6) is 1.22. The number of phenols is 1. The lowest BCUT2D eigenvalue weighted by atomic mass is 9.48. The van der Waals surface area contributed by atoms with E-state index in [9.17, 15) is 15.0 Å². The zero-order valence-electron chi connectivity index (χ0n) is 21.6. The van der Waals surface area contributed by atoms with Gasteiger partial charge in [-0.1, -0.05) is 40.9 Å². The lowest BCUT2D eigenvalue weighted by Crippen LogP contribution is -2.78. The van der Waals surface area contributed by atoms with Gasteiger partial charge >= 0.3 is 0 Å². The van der Waals surface area contributed by atoms with E-state index in [2.05, 4.69) is 4.90 Å². The number of likely N-dealkylation sites (N-methyl/N-ethyl adjacent to an activating group) is 1. The monoisotopic (exact) mass is 592 g/mol. The van der Waals surface area contributed by atoms with E-state index >= 15 is 0 Å². The van der Waals surface area contributed by atoms with Crippen LogP contribution < -0.4 is 9.47 Å². The van der Waals surface area contributed by atoms with Gasteiger partial charge in [-0.2, -0.15) is 0 Å². The molecule has 7 rings (SSSR count). The van der Waals surface area contributed by atoms with Crippen LogP contribution in [0.15, 0.2) is 24.3 Å². The van der Waals surface area contributed by atoms with Crippen LogP contribution >= 0.6 is 34.8 Å². The Morgan fingerprint density at radius 3 is 2.64 bits per heavy atom. The number of hydrogen-bond acceptors (Lipinski definition) is 6. The van der Waals surface area contributed by atoms with E-state index in [4.69, 9.17) is 44.3 Å². The van der Waals surface area contributed by atoms with Crippen molar-refractivity contribution in [2.24, 2.45) is 5.92 Å². The standard InChI is InChI=1S/C29H31Cl3N2O5/c1-33(23(36)14-38-25-18(31)11-17(30)12-19(25)32)20-6-7-29(37)22-10-16-4-5-21(35)26-24(16)28(29,27(20)39-26)8-9-34(22)13-15-2-3-15/h4-5,11-12,15,20,22,27,35,37H,2-3,6-10,13-14H2,1H3/t20-,22-,27+,28+,29-/m1/s1. The molecule has 2 aliphatic heterocycles. The van der Waals surface area contributed by atoms with Gasteiger partial charge in [0, 0.05) is 30.2 Å². The molecule has 1 spiro atoms. The molecule has 5 aliphatic rings. The molecule has 1 amide bonds. The molecule has 2 saturated carbocycles. The molecular weight excluding hydrogens is 563 g/mol. The molecule has 208 valence electrons. The Kier molecular flexibility index (Phi) is 6.04. The Labute approximate surface area is 242 Å². The number of ether oxygens (including phenoxy) is 2. The summed E-state index contributed by atoms with van der Waals surface area (Å²) in [4.78, 5) is 17.6. The second-order valence-corrected chi connectivity index (χ2v) is 13.1. The van der Waals surface area contributed by atoms with Gasteiger partial charge in [0.2, 0.25) is 0 Å². The fourth-order valence-electron chi connectivity index (χ4n) is 7.94. The van der Waals surface area contributed by atoms with Gasteiger partial charge in [-0.05, 0) is 74.8 Å². The number of nitrogens with zero attached hydrogens (tertiary/aromatic N) is 2. The first-order chi connectivity index (χ1) is 18.6. The quantitative estimate of drug-likeness (QED) is 0.500. The van der Waals surface area contributed by atoms with Crippen molar-refractivity contribution in [2.75, 3.05) is 26.7 Å². The second-order valence-electron chi connectivity index (χ2n) is 11.9. The first-order valence-electron chi connectivity index (χ1n) is 13.7. The minimum atomic E-state index is -1.00. The van der Waals surface area contributed by atoms with Gasteiger partial charge in [0.15, 0.2) is 23.9 Å². The molecule has 3 aliphatic carbocycles. The maximum atomic E-state index is 13.4. The molecule has 2 aromatic rings. The number of carbonyl (C=O) groups is 1. The Morgan fingerprint density at radius 1 is 1.18 bits per heavy atom. The van der Waals surface area contributed by atoms with Gasteiger partial charge < -0.3 is 24.6 Å². The summed E-state index contributed by atoms with van der Waals surface area (Å²) in [6, 6.07) is 6.39. The number of carbonyl (C=O) groups excluding carboxylic acids is 1. The summed E-state index contributed by atoms with van der Waals surface area (Å²) in [6.45, 7) is 1.61. The van der Waals surface area contributed by atoms with Crippen LogP contribution in [-0.4, -0.2) is 76.5 Å². The van der Waals surface area contributed by atoms with E-state index in [0.29, 0.717) is 30.0 Å². The summed E-state index contributed by atoms with van der Waals surface area (Å²) in [5, 5.41) is 24.3. The predicted octanol–water partition coefficient (Wildman–Crippen LogP) is 4.82. The van der Waals surface area contributed by atoms with Crippen LogP contribution in [0.4, 0.5) is 0 Å². The molecule has 0 unspecified atom stereocenters. The Bertz CT molecular complexity index is 1350. The number of piperidine rings is 1. The van der Waals surface area contributed by atoms with Crippen molar-refractivity contribution in [3.8, 4) is 17.2 Å². The third kappa shape index (κ3) is 3.73. The van der Waals surface area contributed by atoms with Crippen LogP contribution in [0, 0.1) is 5.92 Å². The summed E-state index contributed by atoms with van der Waals surface area (Å²) < 4.78 is 12.3. The minimum absolute atomic E-state index is 0.0135. The number of hydrogen-bond donors (Lipinski definition) is 2. The van der Waals surface area contributed by atoms with Gasteiger partial charge in [-0.25, -0.2) is 0 Å².